The zero-order valence-electron chi connectivity index (χ0n) is 12.2. The summed E-state index contributed by atoms with van der Waals surface area (Å²) in [7, 11) is 1.65. The first kappa shape index (κ1) is 16.9. The van der Waals surface area contributed by atoms with E-state index in [2.05, 4.69) is 13.8 Å². The molecule has 4 heteroatoms. The van der Waals surface area contributed by atoms with E-state index in [0.717, 1.165) is 25.7 Å². The van der Waals surface area contributed by atoms with Gasteiger partial charge in [0.2, 0.25) is 5.91 Å². The van der Waals surface area contributed by atoms with Gasteiger partial charge in [-0.2, -0.15) is 0 Å². The van der Waals surface area contributed by atoms with E-state index in [4.69, 9.17) is 4.74 Å². The largest absolute Gasteiger partial charge is 0.464 e. The van der Waals surface area contributed by atoms with Gasteiger partial charge in [0, 0.05) is 13.5 Å². The number of hydrogen-bond donors (Lipinski definition) is 0. The van der Waals surface area contributed by atoms with Crippen molar-refractivity contribution < 1.29 is 14.3 Å². The minimum absolute atomic E-state index is 0.0102. The van der Waals surface area contributed by atoms with Crippen LogP contribution in [0.4, 0.5) is 0 Å². The van der Waals surface area contributed by atoms with Gasteiger partial charge in [0.05, 0.1) is 6.61 Å². The lowest BCUT2D eigenvalue weighted by atomic mass is 10.1. The molecule has 0 unspecified atom stereocenters. The number of rotatable bonds is 9. The molecule has 0 aromatic carbocycles. The molecule has 0 aliphatic carbocycles. The number of unbranched alkanes of at least 4 members (excludes halogenated alkanes) is 1. The number of carbonyl (C=O) groups excluding carboxylic acids is 2. The summed E-state index contributed by atoms with van der Waals surface area (Å²) in [6.45, 7) is 6.83. The van der Waals surface area contributed by atoms with Crippen LogP contribution in [-0.2, 0) is 14.3 Å². The maximum absolute atomic E-state index is 11.6. The molecule has 18 heavy (non-hydrogen) atoms. The zero-order valence-corrected chi connectivity index (χ0v) is 12.2. The summed E-state index contributed by atoms with van der Waals surface area (Å²) in [4.78, 5) is 24.5. The van der Waals surface area contributed by atoms with Crippen LogP contribution in [0.5, 0.6) is 0 Å². The highest BCUT2D eigenvalue weighted by molar-refractivity contribution is 5.81. The van der Waals surface area contributed by atoms with Gasteiger partial charge in [-0.1, -0.05) is 27.2 Å². The molecule has 0 aliphatic rings. The van der Waals surface area contributed by atoms with Gasteiger partial charge >= 0.3 is 5.97 Å². The Morgan fingerprint density at radius 1 is 1.22 bits per heavy atom. The van der Waals surface area contributed by atoms with E-state index in [1.54, 1.807) is 7.05 Å². The average molecular weight is 257 g/mol. The quantitative estimate of drug-likeness (QED) is 0.471. The number of hydrogen-bond acceptors (Lipinski definition) is 3. The van der Waals surface area contributed by atoms with Crippen molar-refractivity contribution in [2.45, 2.75) is 52.9 Å². The highest BCUT2D eigenvalue weighted by Gasteiger charge is 2.13. The fourth-order valence-corrected chi connectivity index (χ4v) is 1.52. The number of amides is 1. The van der Waals surface area contributed by atoms with Crippen LogP contribution < -0.4 is 0 Å². The lowest BCUT2D eigenvalue weighted by molar-refractivity contribution is -0.148. The number of carbonyl (C=O) groups is 2. The molecule has 1 amide bonds. The molecule has 0 rings (SSSR count). The predicted octanol–water partition coefficient (Wildman–Crippen LogP) is 2.61. The minimum atomic E-state index is -0.314. The first-order chi connectivity index (χ1) is 8.47. The first-order valence-electron chi connectivity index (χ1n) is 6.87. The number of likely N-dealkylation sites (N-methyl/N-ethyl adjacent to an activating group) is 1. The second-order valence-electron chi connectivity index (χ2n) is 5.11. The third-order valence-corrected chi connectivity index (χ3v) is 2.73. The van der Waals surface area contributed by atoms with Crippen molar-refractivity contribution in [3.8, 4) is 0 Å². The van der Waals surface area contributed by atoms with Crippen molar-refractivity contribution in [2.24, 2.45) is 5.92 Å². The molecule has 0 aromatic heterocycles. The van der Waals surface area contributed by atoms with Crippen molar-refractivity contribution in [2.75, 3.05) is 20.2 Å². The van der Waals surface area contributed by atoms with E-state index in [1.165, 1.54) is 4.90 Å². The van der Waals surface area contributed by atoms with Crippen molar-refractivity contribution in [3.63, 3.8) is 0 Å². The van der Waals surface area contributed by atoms with Gasteiger partial charge in [0.25, 0.3) is 0 Å². The molecule has 0 N–H and O–H groups in total. The summed E-state index contributed by atoms with van der Waals surface area (Å²) in [5.41, 5.74) is 0. The van der Waals surface area contributed by atoms with Crippen molar-refractivity contribution >= 4 is 11.9 Å². The Morgan fingerprint density at radius 2 is 1.89 bits per heavy atom. The van der Waals surface area contributed by atoms with Crippen LogP contribution in [0.15, 0.2) is 0 Å². The number of esters is 1. The fraction of sp³-hybridized carbons (Fsp3) is 0.857. The summed E-state index contributed by atoms with van der Waals surface area (Å²) < 4.78 is 5.08. The van der Waals surface area contributed by atoms with E-state index in [-0.39, 0.29) is 18.4 Å². The summed E-state index contributed by atoms with van der Waals surface area (Å²) in [6, 6.07) is 0. The normalized spacial score (nSPS) is 10.5. The molecule has 0 fully saturated rings. The SMILES string of the molecule is CCCCC(=O)N(C)CC(=O)OCCCC(C)C. The number of nitrogens with zero attached hydrogens (tertiary/aromatic N) is 1. The summed E-state index contributed by atoms with van der Waals surface area (Å²) in [5, 5.41) is 0. The maximum Gasteiger partial charge on any atom is 0.325 e. The van der Waals surface area contributed by atoms with E-state index in [9.17, 15) is 9.59 Å². The Morgan fingerprint density at radius 3 is 2.44 bits per heavy atom. The first-order valence-corrected chi connectivity index (χ1v) is 6.87. The maximum atomic E-state index is 11.6. The molecule has 0 heterocycles. The van der Waals surface area contributed by atoms with E-state index >= 15 is 0 Å². The van der Waals surface area contributed by atoms with Gasteiger partial charge in [0.1, 0.15) is 6.54 Å². The second-order valence-corrected chi connectivity index (χ2v) is 5.11. The monoisotopic (exact) mass is 257 g/mol. The lowest BCUT2D eigenvalue weighted by Crippen LogP contribution is -2.33. The Bertz CT molecular complexity index is 251. The van der Waals surface area contributed by atoms with Gasteiger partial charge in [0.15, 0.2) is 0 Å². The van der Waals surface area contributed by atoms with Crippen LogP contribution in [0.2, 0.25) is 0 Å². The van der Waals surface area contributed by atoms with Gasteiger partial charge in [-0.15, -0.1) is 0 Å². The fourth-order valence-electron chi connectivity index (χ4n) is 1.52. The Labute approximate surface area is 111 Å². The standard InChI is InChI=1S/C14H27NO3/c1-5-6-9-13(16)15(4)11-14(17)18-10-7-8-12(2)3/h12H,5-11H2,1-4H3. The molecule has 0 saturated carbocycles. The van der Waals surface area contributed by atoms with Crippen LogP contribution in [-0.4, -0.2) is 37.0 Å². The van der Waals surface area contributed by atoms with Gasteiger partial charge in [-0.25, -0.2) is 0 Å². The predicted molar refractivity (Wildman–Crippen MR) is 72.2 cm³/mol. The highest BCUT2D eigenvalue weighted by atomic mass is 16.5. The van der Waals surface area contributed by atoms with Crippen LogP contribution in [0.3, 0.4) is 0 Å². The lowest BCUT2D eigenvalue weighted by Gasteiger charge is -2.16. The summed E-state index contributed by atoms with van der Waals surface area (Å²) >= 11 is 0. The van der Waals surface area contributed by atoms with Crippen molar-refractivity contribution in [1.82, 2.24) is 4.90 Å². The van der Waals surface area contributed by atoms with Crippen LogP contribution >= 0.6 is 0 Å². The molecule has 0 aliphatic heterocycles. The third-order valence-electron chi connectivity index (χ3n) is 2.73. The molecule has 0 saturated heterocycles. The van der Waals surface area contributed by atoms with Crippen LogP contribution in [0.1, 0.15) is 52.9 Å². The van der Waals surface area contributed by atoms with Gasteiger partial charge in [-0.05, 0) is 25.2 Å². The molecule has 0 aromatic rings. The Balaban J connectivity index is 3.69. The van der Waals surface area contributed by atoms with Crippen molar-refractivity contribution in [3.05, 3.63) is 0 Å². The van der Waals surface area contributed by atoms with E-state index in [0.29, 0.717) is 18.9 Å². The molecule has 106 valence electrons. The van der Waals surface area contributed by atoms with E-state index < -0.39 is 0 Å². The van der Waals surface area contributed by atoms with Crippen molar-refractivity contribution in [1.29, 1.82) is 0 Å². The topological polar surface area (TPSA) is 46.6 Å². The molecule has 0 spiro atoms. The Kier molecular flexibility index (Phi) is 9.33. The van der Waals surface area contributed by atoms with Crippen LogP contribution in [0.25, 0.3) is 0 Å². The minimum Gasteiger partial charge on any atom is -0.464 e. The van der Waals surface area contributed by atoms with Gasteiger partial charge < -0.3 is 9.64 Å². The van der Waals surface area contributed by atoms with E-state index in [1.807, 2.05) is 6.92 Å². The molecule has 0 radical (unpaired) electrons. The average Bonchev–Trinajstić information content (AvgIpc) is 2.31. The highest BCUT2D eigenvalue weighted by Crippen LogP contribution is 2.03. The van der Waals surface area contributed by atoms with Crippen LogP contribution in [0, 0.1) is 5.92 Å². The number of ether oxygens (including phenoxy) is 1. The molecular weight excluding hydrogens is 230 g/mol. The molecular formula is C14H27NO3. The summed E-state index contributed by atoms with van der Waals surface area (Å²) in [5.74, 6) is 0.323. The smallest absolute Gasteiger partial charge is 0.325 e. The molecule has 0 bridgehead atoms. The summed E-state index contributed by atoms with van der Waals surface area (Å²) in [6.07, 6.45) is 4.30. The third kappa shape index (κ3) is 9.02. The Hall–Kier alpha value is -1.06. The molecule has 4 nitrogen and oxygen atoms in total. The second kappa shape index (κ2) is 9.92. The van der Waals surface area contributed by atoms with Gasteiger partial charge in [-0.3, -0.25) is 9.59 Å². The zero-order chi connectivity index (χ0) is 14.0. The molecule has 0 atom stereocenters.